The molecule has 0 radical (unpaired) electrons. The lowest BCUT2D eigenvalue weighted by atomic mass is 9.88. The maximum atomic E-state index is 13.8. The zero-order valence-electron chi connectivity index (χ0n) is 20.0. The number of hydrogen-bond donors (Lipinski definition) is 2. The Hall–Kier alpha value is -2.18. The summed E-state index contributed by atoms with van der Waals surface area (Å²) in [4.78, 5) is 22.5. The smallest absolute Gasteiger partial charge is 0.231 e. The summed E-state index contributed by atoms with van der Waals surface area (Å²) in [7, 11) is 1.76. The number of piperazine rings is 1. The molecule has 1 aromatic rings. The number of nitrogens with zero attached hydrogens (tertiary/aromatic N) is 3. The van der Waals surface area contributed by atoms with Gasteiger partial charge in [0.25, 0.3) is 0 Å². The molecule has 0 spiro atoms. The van der Waals surface area contributed by atoms with E-state index in [1.165, 1.54) is 18.4 Å². The van der Waals surface area contributed by atoms with Crippen LogP contribution < -0.4 is 5.32 Å². The molecule has 6 heteroatoms. The van der Waals surface area contributed by atoms with Crippen LogP contribution in [0, 0.1) is 5.92 Å². The van der Waals surface area contributed by atoms with E-state index in [0.717, 1.165) is 74.8 Å². The number of nitrogens with one attached hydrogen (secondary N) is 1. The summed E-state index contributed by atoms with van der Waals surface area (Å²) in [5.74, 6) is 1.22. The first-order valence-electron chi connectivity index (χ1n) is 12.8. The van der Waals surface area contributed by atoms with Crippen molar-refractivity contribution in [3.63, 3.8) is 0 Å². The summed E-state index contributed by atoms with van der Waals surface area (Å²) in [6.45, 7) is 6.27. The largest absolute Gasteiger partial charge is 0.387 e. The van der Waals surface area contributed by atoms with Crippen LogP contribution in [0.5, 0.6) is 0 Å². The van der Waals surface area contributed by atoms with Gasteiger partial charge < -0.3 is 20.2 Å². The zero-order chi connectivity index (χ0) is 22.9. The molecule has 2 saturated carbocycles. The molecule has 4 fully saturated rings. The van der Waals surface area contributed by atoms with E-state index >= 15 is 0 Å². The molecule has 0 aromatic heterocycles. The fourth-order valence-corrected chi connectivity index (χ4v) is 5.89. The van der Waals surface area contributed by atoms with E-state index in [-0.39, 0.29) is 17.9 Å². The highest BCUT2D eigenvalue weighted by atomic mass is 16.3. The number of hydrogen-bond acceptors (Lipinski definition) is 5. The van der Waals surface area contributed by atoms with Gasteiger partial charge in [-0.3, -0.25) is 9.79 Å². The average molecular weight is 451 g/mol. The number of aliphatic imine (C=N–C) groups is 1. The lowest BCUT2D eigenvalue weighted by Crippen LogP contribution is -2.50. The fraction of sp³-hybridized carbons (Fsp3) is 0.630. The summed E-state index contributed by atoms with van der Waals surface area (Å²) in [6, 6.07) is 9.13. The van der Waals surface area contributed by atoms with Gasteiger partial charge >= 0.3 is 0 Å². The van der Waals surface area contributed by atoms with Crippen LogP contribution in [0.4, 0.5) is 0 Å². The summed E-state index contributed by atoms with van der Waals surface area (Å²) in [6.07, 6.45) is 7.27. The predicted octanol–water partition coefficient (Wildman–Crippen LogP) is 2.90. The van der Waals surface area contributed by atoms with Crippen LogP contribution >= 0.6 is 0 Å². The number of aliphatic hydroxyl groups is 1. The number of rotatable bonds is 5. The van der Waals surface area contributed by atoms with Crippen molar-refractivity contribution in [2.45, 2.75) is 63.0 Å². The number of aliphatic hydroxyl groups excluding tert-OH is 1. The molecule has 4 atom stereocenters. The van der Waals surface area contributed by atoms with Crippen molar-refractivity contribution in [2.24, 2.45) is 10.9 Å². The second-order valence-electron chi connectivity index (χ2n) is 10.3. The van der Waals surface area contributed by atoms with Crippen LogP contribution in [0.3, 0.4) is 0 Å². The van der Waals surface area contributed by atoms with E-state index in [4.69, 9.17) is 0 Å². The Balaban J connectivity index is 1.27. The molecule has 6 nitrogen and oxygen atoms in total. The maximum absolute atomic E-state index is 13.8. The summed E-state index contributed by atoms with van der Waals surface area (Å²) >= 11 is 0. The standard InChI is InChI=1S/C27H38N4O2/c1-18-16-24(32)26(28-2)22(18)17-30-12-14-31(15-13-30)27(33)25(23-4-3-11-29-23)21-9-7-20(8-10-21)19-5-6-19/h7-10,17-19,23-25,29,32H,3-6,11-16H2,1-2H3/b22-17+,28-26+/t18-,23+,24-,25+/m1/s1. The molecule has 2 heterocycles. The molecule has 4 aliphatic rings. The van der Waals surface area contributed by atoms with Crippen molar-refractivity contribution in [1.29, 1.82) is 0 Å². The van der Waals surface area contributed by atoms with Crippen molar-refractivity contribution >= 4 is 11.6 Å². The number of carbonyl (C=O) groups excluding carboxylic acids is 1. The van der Waals surface area contributed by atoms with Gasteiger partial charge in [0.15, 0.2) is 0 Å². The number of benzene rings is 1. The summed E-state index contributed by atoms with van der Waals surface area (Å²) < 4.78 is 0. The number of amides is 1. The molecular formula is C27H38N4O2. The first-order valence-corrected chi connectivity index (χ1v) is 12.8. The Morgan fingerprint density at radius 3 is 2.48 bits per heavy atom. The van der Waals surface area contributed by atoms with Gasteiger partial charge in [-0.15, -0.1) is 0 Å². The van der Waals surface area contributed by atoms with E-state index < -0.39 is 6.10 Å². The van der Waals surface area contributed by atoms with Gasteiger partial charge in [-0.25, -0.2) is 0 Å². The van der Waals surface area contributed by atoms with Crippen molar-refractivity contribution < 1.29 is 9.90 Å². The van der Waals surface area contributed by atoms with Crippen LogP contribution in [0.1, 0.15) is 62.0 Å². The minimum atomic E-state index is -0.454. The second kappa shape index (κ2) is 9.59. The van der Waals surface area contributed by atoms with E-state index in [0.29, 0.717) is 5.92 Å². The molecule has 2 N–H and O–H groups in total. The average Bonchev–Trinajstić information content (AvgIpc) is 3.47. The quantitative estimate of drug-likeness (QED) is 0.724. The Morgan fingerprint density at radius 1 is 1.15 bits per heavy atom. The van der Waals surface area contributed by atoms with Gasteiger partial charge in [0.2, 0.25) is 5.91 Å². The molecule has 2 saturated heterocycles. The minimum absolute atomic E-state index is 0.102. The van der Waals surface area contributed by atoms with Crippen LogP contribution in [-0.4, -0.2) is 78.4 Å². The Morgan fingerprint density at radius 2 is 1.88 bits per heavy atom. The lowest BCUT2D eigenvalue weighted by molar-refractivity contribution is -0.134. The molecule has 2 aliphatic carbocycles. The van der Waals surface area contributed by atoms with Crippen molar-refractivity contribution in [2.75, 3.05) is 39.8 Å². The van der Waals surface area contributed by atoms with Gasteiger partial charge in [-0.1, -0.05) is 31.2 Å². The van der Waals surface area contributed by atoms with Gasteiger partial charge in [-0.05, 0) is 67.2 Å². The number of carbonyl (C=O) groups is 1. The predicted molar refractivity (Wildman–Crippen MR) is 132 cm³/mol. The van der Waals surface area contributed by atoms with Crippen LogP contribution in [-0.2, 0) is 4.79 Å². The van der Waals surface area contributed by atoms with Crippen LogP contribution in [0.25, 0.3) is 0 Å². The Labute approximate surface area is 197 Å². The van der Waals surface area contributed by atoms with Gasteiger partial charge in [0.05, 0.1) is 17.7 Å². The molecule has 2 aliphatic heterocycles. The summed E-state index contributed by atoms with van der Waals surface area (Å²) in [5.41, 5.74) is 4.55. The molecule has 178 valence electrons. The van der Waals surface area contributed by atoms with E-state index in [1.807, 2.05) is 0 Å². The molecule has 5 rings (SSSR count). The summed E-state index contributed by atoms with van der Waals surface area (Å²) in [5, 5.41) is 13.8. The van der Waals surface area contributed by atoms with Gasteiger partial charge in [0.1, 0.15) is 0 Å². The molecule has 0 unspecified atom stereocenters. The Bertz CT molecular complexity index is 907. The molecule has 1 amide bonds. The third kappa shape index (κ3) is 4.73. The van der Waals surface area contributed by atoms with Crippen LogP contribution in [0.15, 0.2) is 41.0 Å². The van der Waals surface area contributed by atoms with E-state index in [9.17, 15) is 9.90 Å². The normalized spacial score (nSPS) is 31.5. The van der Waals surface area contributed by atoms with Crippen molar-refractivity contribution in [3.8, 4) is 0 Å². The molecule has 0 bridgehead atoms. The third-order valence-electron chi connectivity index (χ3n) is 8.02. The monoisotopic (exact) mass is 450 g/mol. The molecule has 33 heavy (non-hydrogen) atoms. The molecule has 1 aromatic carbocycles. The van der Waals surface area contributed by atoms with Crippen molar-refractivity contribution in [1.82, 2.24) is 15.1 Å². The lowest BCUT2D eigenvalue weighted by Gasteiger charge is -2.37. The van der Waals surface area contributed by atoms with Crippen LogP contribution in [0.2, 0.25) is 0 Å². The van der Waals surface area contributed by atoms with E-state index in [1.54, 1.807) is 7.05 Å². The minimum Gasteiger partial charge on any atom is -0.387 e. The first kappa shape index (κ1) is 22.6. The van der Waals surface area contributed by atoms with Gasteiger partial charge in [-0.2, -0.15) is 0 Å². The fourth-order valence-electron chi connectivity index (χ4n) is 5.89. The highest BCUT2D eigenvalue weighted by Crippen LogP contribution is 2.40. The highest BCUT2D eigenvalue weighted by molar-refractivity contribution is 6.05. The Kier molecular flexibility index (Phi) is 6.57. The van der Waals surface area contributed by atoms with Gasteiger partial charge in [0, 0.05) is 45.5 Å². The highest BCUT2D eigenvalue weighted by Gasteiger charge is 2.36. The first-order chi connectivity index (χ1) is 16.0. The molecular weight excluding hydrogens is 412 g/mol. The van der Waals surface area contributed by atoms with E-state index in [2.05, 4.69) is 57.5 Å². The van der Waals surface area contributed by atoms with Crippen molar-refractivity contribution in [3.05, 3.63) is 47.2 Å². The SMILES string of the molecule is C/N=C1\C(=C\N2CCN(C(=O)[C@@H](c3ccc(C4CC4)cc3)[C@@H]3CCCN3)CC2)[C@H](C)C[C@H]1O. The second-order valence-corrected chi connectivity index (χ2v) is 10.3. The maximum Gasteiger partial charge on any atom is 0.231 e. The topological polar surface area (TPSA) is 68.2 Å². The third-order valence-corrected chi connectivity index (χ3v) is 8.02. The zero-order valence-corrected chi connectivity index (χ0v) is 20.0.